The lowest BCUT2D eigenvalue weighted by atomic mass is 10.0. The summed E-state index contributed by atoms with van der Waals surface area (Å²) in [6.07, 6.45) is 2.45. The van der Waals surface area contributed by atoms with Gasteiger partial charge in [0.15, 0.2) is 0 Å². The number of fused-ring (bicyclic) bond motifs is 1. The van der Waals surface area contributed by atoms with Gasteiger partial charge in [-0.25, -0.2) is 0 Å². The molecule has 1 unspecified atom stereocenters. The fraction of sp³-hybridized carbons (Fsp3) is 0.250. The Labute approximate surface area is 142 Å². The summed E-state index contributed by atoms with van der Waals surface area (Å²) in [6.45, 7) is 4.65. The molecule has 0 saturated carbocycles. The van der Waals surface area contributed by atoms with Crippen molar-refractivity contribution in [3.05, 3.63) is 70.9 Å². The average molecular weight is 321 g/mol. The van der Waals surface area contributed by atoms with Crippen LogP contribution in [-0.4, -0.2) is 16.9 Å². The van der Waals surface area contributed by atoms with Crippen LogP contribution in [0.25, 0.3) is 10.9 Å². The number of nitrogens with one attached hydrogen (secondary N) is 2. The Morgan fingerprint density at radius 1 is 1.17 bits per heavy atom. The van der Waals surface area contributed by atoms with Crippen LogP contribution in [0.2, 0.25) is 0 Å². The highest BCUT2D eigenvalue weighted by molar-refractivity contribution is 5.86. The van der Waals surface area contributed by atoms with E-state index in [2.05, 4.69) is 36.3 Å². The number of aryl methyl sites for hydroxylation is 2. The fourth-order valence-electron chi connectivity index (χ4n) is 2.86. The minimum atomic E-state index is -0.559. The van der Waals surface area contributed by atoms with Gasteiger partial charge in [-0.1, -0.05) is 36.4 Å². The van der Waals surface area contributed by atoms with Crippen LogP contribution in [0.5, 0.6) is 0 Å². The summed E-state index contributed by atoms with van der Waals surface area (Å²) in [4.78, 5) is 15.5. The number of carbonyl (C=O) groups is 1. The highest BCUT2D eigenvalue weighted by Crippen LogP contribution is 2.18. The van der Waals surface area contributed by atoms with E-state index < -0.39 is 6.04 Å². The summed E-state index contributed by atoms with van der Waals surface area (Å²) in [5.41, 5.74) is 11.8. The lowest BCUT2D eigenvalue weighted by Crippen LogP contribution is -2.41. The molecule has 4 N–H and O–H groups in total. The van der Waals surface area contributed by atoms with Crippen LogP contribution >= 0.6 is 0 Å². The van der Waals surface area contributed by atoms with Crippen LogP contribution in [0, 0.1) is 13.8 Å². The zero-order chi connectivity index (χ0) is 17.1. The number of H-pyrrole nitrogens is 1. The topological polar surface area (TPSA) is 70.9 Å². The van der Waals surface area contributed by atoms with Crippen LogP contribution < -0.4 is 11.1 Å². The van der Waals surface area contributed by atoms with Crippen molar-refractivity contribution in [2.24, 2.45) is 5.73 Å². The van der Waals surface area contributed by atoms with Crippen LogP contribution in [0.4, 0.5) is 0 Å². The van der Waals surface area contributed by atoms with Crippen molar-refractivity contribution < 1.29 is 4.79 Å². The Bertz CT molecular complexity index is 866. The average Bonchev–Trinajstić information content (AvgIpc) is 2.99. The first kappa shape index (κ1) is 16.3. The Kier molecular flexibility index (Phi) is 4.67. The number of para-hydroxylation sites is 1. The Morgan fingerprint density at radius 3 is 2.75 bits per heavy atom. The third kappa shape index (κ3) is 3.49. The second kappa shape index (κ2) is 6.89. The van der Waals surface area contributed by atoms with Crippen molar-refractivity contribution in [2.75, 3.05) is 0 Å². The number of rotatable bonds is 5. The second-order valence-electron chi connectivity index (χ2n) is 6.31. The molecule has 0 saturated heterocycles. The minimum absolute atomic E-state index is 0.126. The highest BCUT2D eigenvalue weighted by Gasteiger charge is 2.16. The van der Waals surface area contributed by atoms with Gasteiger partial charge in [-0.05, 0) is 48.6 Å². The molecule has 0 aliphatic rings. The van der Waals surface area contributed by atoms with Crippen LogP contribution in [-0.2, 0) is 17.8 Å². The predicted molar refractivity (Wildman–Crippen MR) is 97.7 cm³/mol. The molecule has 124 valence electrons. The Morgan fingerprint density at radius 2 is 1.96 bits per heavy atom. The van der Waals surface area contributed by atoms with Crippen molar-refractivity contribution >= 4 is 16.8 Å². The largest absolute Gasteiger partial charge is 0.361 e. The molecule has 0 radical (unpaired) electrons. The number of hydrogen-bond donors (Lipinski definition) is 3. The monoisotopic (exact) mass is 321 g/mol. The van der Waals surface area contributed by atoms with Gasteiger partial charge in [-0.15, -0.1) is 0 Å². The van der Waals surface area contributed by atoms with Crippen LogP contribution in [0.15, 0.2) is 48.7 Å². The maximum atomic E-state index is 12.3. The molecule has 1 atom stereocenters. The third-order valence-electron chi connectivity index (χ3n) is 4.49. The number of benzene rings is 2. The predicted octanol–water partition coefficient (Wildman–Crippen LogP) is 2.97. The standard InChI is InChI=1S/C20H23N3O/c1-13-7-8-15(9-14(13)2)11-23-20(24)18(21)10-16-12-22-19-6-4-3-5-17(16)19/h3-9,12,18,22H,10-11,21H2,1-2H3,(H,23,24). The summed E-state index contributed by atoms with van der Waals surface area (Å²) in [7, 11) is 0. The van der Waals surface area contributed by atoms with E-state index in [-0.39, 0.29) is 5.91 Å². The second-order valence-corrected chi connectivity index (χ2v) is 6.31. The van der Waals surface area contributed by atoms with E-state index in [4.69, 9.17) is 5.73 Å². The summed E-state index contributed by atoms with van der Waals surface area (Å²) in [5.74, 6) is -0.126. The molecule has 3 rings (SSSR count). The lowest BCUT2D eigenvalue weighted by molar-refractivity contribution is -0.122. The first-order chi connectivity index (χ1) is 11.5. The minimum Gasteiger partial charge on any atom is -0.361 e. The van der Waals surface area contributed by atoms with Crippen molar-refractivity contribution in [3.63, 3.8) is 0 Å². The van der Waals surface area contributed by atoms with E-state index in [0.29, 0.717) is 13.0 Å². The molecule has 24 heavy (non-hydrogen) atoms. The lowest BCUT2D eigenvalue weighted by Gasteiger charge is -2.12. The van der Waals surface area contributed by atoms with E-state index in [1.54, 1.807) is 0 Å². The van der Waals surface area contributed by atoms with Gasteiger partial charge in [0.05, 0.1) is 6.04 Å². The van der Waals surface area contributed by atoms with Gasteiger partial charge in [0, 0.05) is 23.6 Å². The van der Waals surface area contributed by atoms with Gasteiger partial charge < -0.3 is 16.0 Å². The molecule has 1 amide bonds. The Balaban J connectivity index is 1.61. The molecule has 0 aliphatic carbocycles. The van der Waals surface area contributed by atoms with E-state index in [1.165, 1.54) is 11.1 Å². The molecule has 0 spiro atoms. The third-order valence-corrected chi connectivity index (χ3v) is 4.49. The smallest absolute Gasteiger partial charge is 0.237 e. The van der Waals surface area contributed by atoms with Gasteiger partial charge in [-0.3, -0.25) is 4.79 Å². The molecule has 4 heteroatoms. The van der Waals surface area contributed by atoms with Crippen LogP contribution in [0.3, 0.4) is 0 Å². The molecule has 4 nitrogen and oxygen atoms in total. The van der Waals surface area contributed by atoms with Gasteiger partial charge in [0.2, 0.25) is 5.91 Å². The van der Waals surface area contributed by atoms with Crippen molar-refractivity contribution in [1.29, 1.82) is 0 Å². The maximum absolute atomic E-state index is 12.3. The van der Waals surface area contributed by atoms with E-state index in [0.717, 1.165) is 22.0 Å². The molecule has 2 aromatic carbocycles. The normalized spacial score (nSPS) is 12.3. The first-order valence-corrected chi connectivity index (χ1v) is 8.19. The fourth-order valence-corrected chi connectivity index (χ4v) is 2.86. The summed E-state index contributed by atoms with van der Waals surface area (Å²) >= 11 is 0. The summed E-state index contributed by atoms with van der Waals surface area (Å²) in [5, 5.41) is 4.05. The van der Waals surface area contributed by atoms with Crippen molar-refractivity contribution in [3.8, 4) is 0 Å². The number of carbonyl (C=O) groups excluding carboxylic acids is 1. The van der Waals surface area contributed by atoms with Gasteiger partial charge in [0.1, 0.15) is 0 Å². The highest BCUT2D eigenvalue weighted by atomic mass is 16.2. The molecule has 0 bridgehead atoms. The van der Waals surface area contributed by atoms with E-state index in [9.17, 15) is 4.79 Å². The van der Waals surface area contributed by atoms with Gasteiger partial charge in [0.25, 0.3) is 0 Å². The Hall–Kier alpha value is -2.59. The SMILES string of the molecule is Cc1ccc(CNC(=O)C(N)Cc2c[nH]c3ccccc23)cc1C. The van der Waals surface area contributed by atoms with Gasteiger partial charge in [-0.2, -0.15) is 0 Å². The maximum Gasteiger partial charge on any atom is 0.237 e. The number of aromatic nitrogens is 1. The molecule has 1 aromatic heterocycles. The number of amides is 1. The van der Waals surface area contributed by atoms with Gasteiger partial charge >= 0.3 is 0 Å². The molecule has 0 aliphatic heterocycles. The summed E-state index contributed by atoms with van der Waals surface area (Å²) < 4.78 is 0. The van der Waals surface area contributed by atoms with Crippen LogP contribution in [0.1, 0.15) is 22.3 Å². The molecular formula is C20H23N3O. The van der Waals surface area contributed by atoms with Crippen molar-refractivity contribution in [2.45, 2.75) is 32.9 Å². The molecule has 3 aromatic rings. The molecular weight excluding hydrogens is 298 g/mol. The molecule has 1 heterocycles. The number of nitrogens with two attached hydrogens (primary N) is 1. The quantitative estimate of drug-likeness (QED) is 0.676. The zero-order valence-corrected chi connectivity index (χ0v) is 14.1. The van der Waals surface area contributed by atoms with E-state index in [1.807, 2.05) is 36.5 Å². The first-order valence-electron chi connectivity index (χ1n) is 8.19. The molecule has 0 fully saturated rings. The number of aromatic amines is 1. The van der Waals surface area contributed by atoms with E-state index >= 15 is 0 Å². The van der Waals surface area contributed by atoms with Crippen molar-refractivity contribution in [1.82, 2.24) is 10.3 Å². The zero-order valence-electron chi connectivity index (χ0n) is 14.1. The summed E-state index contributed by atoms with van der Waals surface area (Å²) in [6, 6.07) is 13.7. The number of hydrogen-bond acceptors (Lipinski definition) is 2.